The summed E-state index contributed by atoms with van der Waals surface area (Å²) in [6.07, 6.45) is 4.02. The SMILES string of the molecule is CCN=C1S/C(=C/c2cc(C)n(-c3ccccc3)c2)C(=O)N1CC. The van der Waals surface area contributed by atoms with Crippen molar-refractivity contribution in [2.45, 2.75) is 20.8 Å². The van der Waals surface area contributed by atoms with Crippen LogP contribution < -0.4 is 0 Å². The minimum atomic E-state index is 0.0415. The van der Waals surface area contributed by atoms with Gasteiger partial charge in [0.2, 0.25) is 0 Å². The van der Waals surface area contributed by atoms with E-state index >= 15 is 0 Å². The highest BCUT2D eigenvalue weighted by atomic mass is 32.2. The van der Waals surface area contributed by atoms with Crippen LogP contribution in [0.2, 0.25) is 0 Å². The second-order valence-electron chi connectivity index (χ2n) is 5.54. The minimum absolute atomic E-state index is 0.0415. The highest BCUT2D eigenvalue weighted by Crippen LogP contribution is 2.32. The van der Waals surface area contributed by atoms with E-state index in [1.54, 1.807) is 4.90 Å². The topological polar surface area (TPSA) is 37.6 Å². The molecule has 0 saturated carbocycles. The van der Waals surface area contributed by atoms with Gasteiger partial charge in [-0.25, -0.2) is 0 Å². The van der Waals surface area contributed by atoms with Gasteiger partial charge in [-0.15, -0.1) is 0 Å². The molecule has 1 saturated heterocycles. The number of carbonyl (C=O) groups excluding carboxylic acids is 1. The van der Waals surface area contributed by atoms with Crippen LogP contribution in [0.25, 0.3) is 11.8 Å². The quantitative estimate of drug-likeness (QED) is 0.787. The standard InChI is InChI=1S/C19H21N3OS/c1-4-20-19-21(5-2)18(23)17(24-19)12-15-11-14(3)22(13-15)16-9-7-6-8-10-16/h6-13H,4-5H2,1-3H3/b17-12+,20-19?. The number of nitrogens with zero attached hydrogens (tertiary/aromatic N) is 3. The monoisotopic (exact) mass is 339 g/mol. The van der Waals surface area contributed by atoms with Gasteiger partial charge in [0.15, 0.2) is 5.17 Å². The van der Waals surface area contributed by atoms with Gasteiger partial charge in [-0.05, 0) is 62.4 Å². The molecule has 1 aromatic carbocycles. The molecule has 1 aliphatic rings. The number of aliphatic imine (C=N–C) groups is 1. The molecule has 2 aromatic rings. The Morgan fingerprint density at radius 3 is 2.62 bits per heavy atom. The van der Waals surface area contributed by atoms with Crippen LogP contribution in [0.4, 0.5) is 0 Å². The summed E-state index contributed by atoms with van der Waals surface area (Å²) < 4.78 is 2.13. The Kier molecular flexibility index (Phi) is 4.90. The Labute approximate surface area is 146 Å². The van der Waals surface area contributed by atoms with Gasteiger partial charge >= 0.3 is 0 Å². The normalized spacial score (nSPS) is 18.1. The molecule has 0 bridgehead atoms. The summed E-state index contributed by atoms with van der Waals surface area (Å²) in [6, 6.07) is 12.3. The third-order valence-corrected chi connectivity index (χ3v) is 4.91. The molecule has 4 nitrogen and oxygen atoms in total. The van der Waals surface area contributed by atoms with Crippen LogP contribution in [-0.2, 0) is 4.79 Å². The molecule has 0 unspecified atom stereocenters. The fourth-order valence-corrected chi connectivity index (χ4v) is 3.84. The molecule has 0 atom stereocenters. The second-order valence-corrected chi connectivity index (χ2v) is 6.55. The van der Waals surface area contributed by atoms with Crippen LogP contribution in [0.3, 0.4) is 0 Å². The van der Waals surface area contributed by atoms with Crippen molar-refractivity contribution in [3.63, 3.8) is 0 Å². The van der Waals surface area contributed by atoms with Gasteiger partial charge in [0.25, 0.3) is 5.91 Å². The van der Waals surface area contributed by atoms with Crippen molar-refractivity contribution in [1.29, 1.82) is 0 Å². The molecular weight excluding hydrogens is 318 g/mol. The summed E-state index contributed by atoms with van der Waals surface area (Å²) in [4.78, 5) is 19.4. The zero-order valence-electron chi connectivity index (χ0n) is 14.2. The molecule has 5 heteroatoms. The van der Waals surface area contributed by atoms with Crippen LogP contribution in [0.1, 0.15) is 25.1 Å². The van der Waals surface area contributed by atoms with E-state index in [0.717, 1.165) is 27.0 Å². The van der Waals surface area contributed by atoms with E-state index in [-0.39, 0.29) is 5.91 Å². The molecule has 1 amide bonds. The maximum atomic E-state index is 12.5. The predicted octanol–water partition coefficient (Wildman–Crippen LogP) is 4.10. The first-order chi connectivity index (χ1) is 11.6. The average molecular weight is 339 g/mol. The Morgan fingerprint density at radius 1 is 1.21 bits per heavy atom. The minimum Gasteiger partial charge on any atom is -0.321 e. The first-order valence-corrected chi connectivity index (χ1v) is 8.96. The Hall–Kier alpha value is -2.27. The molecular formula is C19H21N3OS. The van der Waals surface area contributed by atoms with Gasteiger partial charge < -0.3 is 4.57 Å². The molecule has 1 fully saturated rings. The lowest BCUT2D eigenvalue weighted by atomic mass is 10.3. The number of aromatic nitrogens is 1. The van der Waals surface area contributed by atoms with Crippen molar-refractivity contribution < 1.29 is 4.79 Å². The number of rotatable bonds is 4. The summed E-state index contributed by atoms with van der Waals surface area (Å²) in [6.45, 7) is 7.36. The lowest BCUT2D eigenvalue weighted by Crippen LogP contribution is -2.28. The van der Waals surface area contributed by atoms with E-state index in [9.17, 15) is 4.79 Å². The summed E-state index contributed by atoms with van der Waals surface area (Å²) in [7, 11) is 0. The van der Waals surface area contributed by atoms with E-state index in [4.69, 9.17) is 0 Å². The lowest BCUT2D eigenvalue weighted by Gasteiger charge is -2.11. The van der Waals surface area contributed by atoms with Gasteiger partial charge in [0.1, 0.15) is 0 Å². The number of amides is 1. The van der Waals surface area contributed by atoms with Crippen LogP contribution >= 0.6 is 11.8 Å². The van der Waals surface area contributed by atoms with Gasteiger partial charge in [0.05, 0.1) is 4.91 Å². The number of para-hydroxylation sites is 1. The van der Waals surface area contributed by atoms with Gasteiger partial charge in [-0.3, -0.25) is 14.7 Å². The zero-order chi connectivity index (χ0) is 17.1. The lowest BCUT2D eigenvalue weighted by molar-refractivity contribution is -0.122. The van der Waals surface area contributed by atoms with Crippen molar-refractivity contribution in [1.82, 2.24) is 9.47 Å². The number of hydrogen-bond donors (Lipinski definition) is 0. The van der Waals surface area contributed by atoms with Crippen LogP contribution in [0.15, 0.2) is 52.5 Å². The average Bonchev–Trinajstić information content (AvgIpc) is 3.09. The highest BCUT2D eigenvalue weighted by Gasteiger charge is 2.31. The van der Waals surface area contributed by atoms with Crippen molar-refractivity contribution in [2.24, 2.45) is 4.99 Å². The largest absolute Gasteiger partial charge is 0.321 e. The predicted molar refractivity (Wildman–Crippen MR) is 101 cm³/mol. The van der Waals surface area contributed by atoms with Crippen LogP contribution in [0.5, 0.6) is 0 Å². The molecule has 0 N–H and O–H groups in total. The molecule has 124 valence electrons. The fourth-order valence-electron chi connectivity index (χ4n) is 2.74. The van der Waals surface area contributed by atoms with Gasteiger partial charge in [-0.2, -0.15) is 0 Å². The van der Waals surface area contributed by atoms with Crippen molar-refractivity contribution >= 4 is 28.9 Å². The maximum absolute atomic E-state index is 12.5. The first-order valence-electron chi connectivity index (χ1n) is 8.14. The van der Waals surface area contributed by atoms with Crippen molar-refractivity contribution in [3.8, 4) is 5.69 Å². The Morgan fingerprint density at radius 2 is 1.96 bits per heavy atom. The van der Waals surface area contributed by atoms with E-state index in [2.05, 4.69) is 40.9 Å². The number of carbonyl (C=O) groups is 1. The van der Waals surface area contributed by atoms with Gasteiger partial charge in [-0.1, -0.05) is 18.2 Å². The second kappa shape index (κ2) is 7.09. The first kappa shape index (κ1) is 16.6. The zero-order valence-corrected chi connectivity index (χ0v) is 15.0. The molecule has 0 aliphatic carbocycles. The molecule has 2 heterocycles. The van der Waals surface area contributed by atoms with Crippen molar-refractivity contribution in [3.05, 3.63) is 58.8 Å². The number of aryl methyl sites for hydroxylation is 1. The van der Waals surface area contributed by atoms with E-state index < -0.39 is 0 Å². The van der Waals surface area contributed by atoms with E-state index in [1.165, 1.54) is 11.8 Å². The molecule has 1 aliphatic heterocycles. The summed E-state index contributed by atoms with van der Waals surface area (Å²) in [5, 5.41) is 0.801. The maximum Gasteiger partial charge on any atom is 0.266 e. The fraction of sp³-hybridized carbons (Fsp3) is 0.263. The van der Waals surface area contributed by atoms with E-state index in [1.807, 2.05) is 38.1 Å². The Balaban J connectivity index is 1.93. The summed E-state index contributed by atoms with van der Waals surface area (Å²) >= 11 is 1.46. The summed E-state index contributed by atoms with van der Waals surface area (Å²) in [5.74, 6) is 0.0415. The van der Waals surface area contributed by atoms with Crippen LogP contribution in [0, 0.1) is 6.92 Å². The number of hydrogen-bond acceptors (Lipinski definition) is 3. The van der Waals surface area contributed by atoms with Crippen molar-refractivity contribution in [2.75, 3.05) is 13.1 Å². The molecule has 1 aromatic heterocycles. The number of amidine groups is 1. The van der Waals surface area contributed by atoms with Crippen LogP contribution in [-0.4, -0.2) is 33.6 Å². The van der Waals surface area contributed by atoms with E-state index in [0.29, 0.717) is 13.1 Å². The third kappa shape index (κ3) is 3.17. The highest BCUT2D eigenvalue weighted by molar-refractivity contribution is 8.18. The number of benzene rings is 1. The molecule has 0 spiro atoms. The smallest absolute Gasteiger partial charge is 0.266 e. The number of thioether (sulfide) groups is 1. The molecule has 3 rings (SSSR count). The number of likely N-dealkylation sites (N-methyl/N-ethyl adjacent to an activating group) is 1. The summed E-state index contributed by atoms with van der Waals surface area (Å²) in [5.41, 5.74) is 3.28. The third-order valence-electron chi connectivity index (χ3n) is 3.86. The Bertz CT molecular complexity index is 805. The van der Waals surface area contributed by atoms with Gasteiger partial charge in [0, 0.05) is 30.7 Å². The molecule has 24 heavy (non-hydrogen) atoms. The molecule has 0 radical (unpaired) electrons.